The van der Waals surface area contributed by atoms with Crippen molar-refractivity contribution < 1.29 is 13.3 Å². The number of halogens is 1. The number of ether oxygens (including phenoxy) is 1. The first kappa shape index (κ1) is 25.3. The fraction of sp³-hybridized carbons (Fsp3) is 0.593. The molecular weight excluding hydrogens is 449 g/mol. The van der Waals surface area contributed by atoms with Gasteiger partial charge in [0, 0.05) is 25.0 Å². The number of rotatable bonds is 10. The lowest BCUT2D eigenvalue weighted by Crippen LogP contribution is -2.47. The highest BCUT2D eigenvalue weighted by Crippen LogP contribution is 2.35. The Morgan fingerprint density at radius 1 is 1.15 bits per heavy atom. The summed E-state index contributed by atoms with van der Waals surface area (Å²) in [5, 5.41) is 0. The van der Waals surface area contributed by atoms with Gasteiger partial charge in [0.15, 0.2) is 11.6 Å². The smallest absolute Gasteiger partial charge is 0.168 e. The zero-order chi connectivity index (χ0) is 23.9. The predicted octanol–water partition coefficient (Wildman–Crippen LogP) is 5.14. The minimum absolute atomic E-state index is 0.0213. The maximum atomic E-state index is 15.4. The number of anilines is 1. The maximum Gasteiger partial charge on any atom is 0.168 e. The molecule has 0 spiro atoms. The number of hydrogen-bond acceptors (Lipinski definition) is 4. The largest absolute Gasteiger partial charge is 0.376 e. The van der Waals surface area contributed by atoms with Gasteiger partial charge in [-0.15, -0.1) is 0 Å². The molecule has 3 unspecified atom stereocenters. The lowest BCUT2D eigenvalue weighted by atomic mass is 9.83. The molecule has 1 aliphatic carbocycles. The second kappa shape index (κ2) is 12.2. The van der Waals surface area contributed by atoms with Crippen molar-refractivity contribution in [3.8, 4) is 0 Å². The first-order valence-electron chi connectivity index (χ1n) is 12.7. The number of benzene rings is 1. The maximum absolute atomic E-state index is 15.4. The molecule has 3 atom stereocenters. The van der Waals surface area contributed by atoms with E-state index in [1.807, 2.05) is 4.90 Å². The van der Waals surface area contributed by atoms with Gasteiger partial charge in [-0.1, -0.05) is 43.7 Å². The van der Waals surface area contributed by atoms with Gasteiger partial charge in [-0.05, 0) is 68.1 Å². The topological polar surface area (TPSA) is 54.5 Å². The Balaban J connectivity index is 1.42. The molecule has 1 aliphatic heterocycles. The van der Waals surface area contributed by atoms with Gasteiger partial charge in [0.2, 0.25) is 0 Å². The predicted molar refractivity (Wildman–Crippen MR) is 137 cm³/mol. The highest BCUT2D eigenvalue weighted by molar-refractivity contribution is 7.82. The third kappa shape index (κ3) is 6.23. The van der Waals surface area contributed by atoms with E-state index in [2.05, 4.69) is 47.0 Å². The Labute approximate surface area is 206 Å². The Morgan fingerprint density at radius 3 is 2.62 bits per heavy atom. The minimum atomic E-state index is -1.14. The number of nitrogens with zero attached hydrogens (tertiary/aromatic N) is 2. The van der Waals surface area contributed by atoms with Crippen LogP contribution in [0.2, 0.25) is 0 Å². The van der Waals surface area contributed by atoms with E-state index in [1.54, 1.807) is 18.5 Å². The summed E-state index contributed by atoms with van der Waals surface area (Å²) in [5.41, 5.74) is 2.14. The van der Waals surface area contributed by atoms with Crippen molar-refractivity contribution >= 4 is 16.8 Å². The van der Waals surface area contributed by atoms with Crippen molar-refractivity contribution in [1.29, 1.82) is 0 Å². The van der Waals surface area contributed by atoms with E-state index in [4.69, 9.17) is 4.74 Å². The number of nitrogens with one attached hydrogen (secondary N) is 1. The monoisotopic (exact) mass is 487 g/mol. The van der Waals surface area contributed by atoms with Crippen LogP contribution >= 0.6 is 0 Å². The van der Waals surface area contributed by atoms with E-state index < -0.39 is 11.0 Å². The third-order valence-corrected chi connectivity index (χ3v) is 7.97. The molecule has 7 heteroatoms. The molecule has 2 aromatic rings. The first-order valence-corrected chi connectivity index (χ1v) is 14.3. The number of aromatic nitrogens is 1. The Morgan fingerprint density at radius 2 is 1.91 bits per heavy atom. The molecule has 0 bridgehead atoms. The second-order valence-corrected chi connectivity index (χ2v) is 10.8. The summed E-state index contributed by atoms with van der Waals surface area (Å²) < 4.78 is 36.9. The van der Waals surface area contributed by atoms with E-state index in [0.29, 0.717) is 24.9 Å². The molecule has 1 N–H and O–H groups in total. The van der Waals surface area contributed by atoms with Crippen LogP contribution in [0.1, 0.15) is 68.9 Å². The van der Waals surface area contributed by atoms with Crippen LogP contribution in [0, 0.1) is 5.82 Å². The standard InChI is InChI=1S/C27H38FN3O2S/c1-3-4-8-22-15-17-29-27(26(22)28)31-18-16-24(30-34(2)32)25(31)19-33-23-13-11-21(12-14-23)20-9-6-5-7-10-20/h5-7,9-10,15,17,21,23-25,30H,3-4,8,11-14,16,18-19H2,1-2H3. The van der Waals surface area contributed by atoms with Crippen molar-refractivity contribution in [3.05, 3.63) is 59.5 Å². The van der Waals surface area contributed by atoms with Crippen LogP contribution in [0.3, 0.4) is 0 Å². The summed E-state index contributed by atoms with van der Waals surface area (Å²) in [4.78, 5) is 6.46. The van der Waals surface area contributed by atoms with Gasteiger partial charge in [0.05, 0.1) is 29.7 Å². The van der Waals surface area contributed by atoms with Crippen LogP contribution < -0.4 is 9.62 Å². The second-order valence-electron chi connectivity index (χ2n) is 9.66. The molecular formula is C27H38FN3O2S. The summed E-state index contributed by atoms with van der Waals surface area (Å²) in [5.74, 6) is 0.786. The van der Waals surface area contributed by atoms with Crippen LogP contribution in [0.25, 0.3) is 0 Å². The molecule has 2 aliphatic rings. The van der Waals surface area contributed by atoms with Crippen molar-refractivity contribution in [1.82, 2.24) is 9.71 Å². The van der Waals surface area contributed by atoms with Crippen LogP contribution in [-0.4, -0.2) is 46.8 Å². The van der Waals surface area contributed by atoms with Crippen molar-refractivity contribution in [2.75, 3.05) is 24.3 Å². The normalized spacial score (nSPS) is 26.0. The number of pyridine rings is 1. The van der Waals surface area contributed by atoms with Crippen molar-refractivity contribution in [2.45, 2.75) is 82.4 Å². The Bertz CT molecular complexity index is 937. The van der Waals surface area contributed by atoms with E-state index in [-0.39, 0.29) is 24.0 Å². The highest BCUT2D eigenvalue weighted by atomic mass is 32.2. The molecule has 1 saturated carbocycles. The lowest BCUT2D eigenvalue weighted by molar-refractivity contribution is 0.0156. The summed E-state index contributed by atoms with van der Waals surface area (Å²) in [6, 6.07) is 12.4. The molecule has 2 heterocycles. The quantitative estimate of drug-likeness (QED) is 0.504. The molecule has 2 fully saturated rings. The fourth-order valence-corrected chi connectivity index (χ4v) is 6.13. The molecule has 1 aromatic heterocycles. The molecule has 1 aromatic carbocycles. The van der Waals surface area contributed by atoms with Gasteiger partial charge in [-0.2, -0.15) is 0 Å². The van der Waals surface area contributed by atoms with Crippen LogP contribution in [0.15, 0.2) is 42.6 Å². The molecule has 0 radical (unpaired) electrons. The number of hydrogen-bond donors (Lipinski definition) is 1. The summed E-state index contributed by atoms with van der Waals surface area (Å²) in [6.07, 6.45) is 11.4. The van der Waals surface area contributed by atoms with Crippen molar-refractivity contribution in [2.24, 2.45) is 0 Å². The van der Waals surface area contributed by atoms with Gasteiger partial charge in [-0.3, -0.25) is 0 Å². The Hall–Kier alpha value is -1.83. The molecule has 1 saturated heterocycles. The number of aryl methyl sites for hydroxylation is 1. The minimum Gasteiger partial charge on any atom is -0.376 e. The van der Waals surface area contributed by atoms with E-state index in [9.17, 15) is 4.21 Å². The molecule has 4 rings (SSSR count). The Kier molecular flexibility index (Phi) is 9.09. The van der Waals surface area contributed by atoms with Crippen molar-refractivity contribution in [3.63, 3.8) is 0 Å². The lowest BCUT2D eigenvalue weighted by Gasteiger charge is -2.33. The molecule has 0 amide bonds. The first-order chi connectivity index (χ1) is 16.6. The van der Waals surface area contributed by atoms with Crippen LogP contribution in [0.4, 0.5) is 10.2 Å². The average molecular weight is 488 g/mol. The summed E-state index contributed by atoms with van der Waals surface area (Å²) >= 11 is 0. The van der Waals surface area contributed by atoms with Crippen LogP contribution in [0.5, 0.6) is 0 Å². The highest BCUT2D eigenvalue weighted by Gasteiger charge is 2.38. The fourth-order valence-electron chi connectivity index (χ4n) is 5.43. The van der Waals surface area contributed by atoms with Gasteiger partial charge < -0.3 is 9.64 Å². The SMILES string of the molecule is CCCCc1ccnc(N2CCC(NS(C)=O)C2COC2CCC(c3ccccc3)CC2)c1F. The van der Waals surface area contributed by atoms with E-state index >= 15 is 4.39 Å². The summed E-state index contributed by atoms with van der Waals surface area (Å²) in [7, 11) is -1.14. The van der Waals surface area contributed by atoms with E-state index in [1.165, 1.54) is 5.56 Å². The average Bonchev–Trinajstić information content (AvgIpc) is 3.24. The van der Waals surface area contributed by atoms with E-state index in [0.717, 1.165) is 56.9 Å². The van der Waals surface area contributed by atoms with Gasteiger partial charge in [0.25, 0.3) is 0 Å². The molecule has 5 nitrogen and oxygen atoms in total. The summed E-state index contributed by atoms with van der Waals surface area (Å²) in [6.45, 7) is 3.27. The van der Waals surface area contributed by atoms with Gasteiger partial charge in [-0.25, -0.2) is 18.3 Å². The third-order valence-electron chi connectivity index (χ3n) is 7.33. The van der Waals surface area contributed by atoms with Crippen LogP contribution in [-0.2, 0) is 22.1 Å². The molecule has 34 heavy (non-hydrogen) atoms. The zero-order valence-electron chi connectivity index (χ0n) is 20.4. The van der Waals surface area contributed by atoms with Gasteiger partial charge >= 0.3 is 0 Å². The number of unbranched alkanes of at least 4 members (excludes halogenated alkanes) is 1. The molecule has 186 valence electrons. The zero-order valence-corrected chi connectivity index (χ0v) is 21.2. The van der Waals surface area contributed by atoms with Gasteiger partial charge in [0.1, 0.15) is 0 Å².